The van der Waals surface area contributed by atoms with Crippen molar-refractivity contribution in [3.05, 3.63) is 65.7 Å². The van der Waals surface area contributed by atoms with Crippen molar-refractivity contribution in [3.8, 4) is 0 Å². The standard InChI is InChI=1S/C21H29N3OS/c1-17-10-12-18(13-11-17)16-23-20(24-19-8-6-5-7-9-19)22-14-15-26(25)21(2,3)4/h5-13H,14-16H2,1-4H3,(H2,22,23,24). The first kappa shape index (κ1) is 20.2. The smallest absolute Gasteiger partial charge is 0.196 e. The van der Waals surface area contributed by atoms with E-state index in [0.29, 0.717) is 24.8 Å². The van der Waals surface area contributed by atoms with Gasteiger partial charge in [-0.25, -0.2) is 4.99 Å². The number of anilines is 1. The first-order chi connectivity index (χ1) is 12.3. The predicted molar refractivity (Wildman–Crippen MR) is 113 cm³/mol. The number of nitrogens with zero attached hydrogens (tertiary/aromatic N) is 1. The maximum Gasteiger partial charge on any atom is 0.196 e. The van der Waals surface area contributed by atoms with Gasteiger partial charge in [0.1, 0.15) is 0 Å². The average Bonchev–Trinajstić information content (AvgIpc) is 2.61. The topological polar surface area (TPSA) is 53.5 Å². The molecule has 0 saturated carbocycles. The van der Waals surface area contributed by atoms with Crippen LogP contribution in [0, 0.1) is 6.92 Å². The zero-order valence-corrected chi connectivity index (χ0v) is 16.9. The minimum absolute atomic E-state index is 0.201. The summed E-state index contributed by atoms with van der Waals surface area (Å²) in [4.78, 5) is 4.67. The van der Waals surface area contributed by atoms with Gasteiger partial charge in [0.05, 0.1) is 6.54 Å². The van der Waals surface area contributed by atoms with E-state index in [1.165, 1.54) is 5.56 Å². The van der Waals surface area contributed by atoms with E-state index < -0.39 is 10.8 Å². The van der Waals surface area contributed by atoms with Crippen LogP contribution in [0.4, 0.5) is 5.69 Å². The van der Waals surface area contributed by atoms with Crippen molar-refractivity contribution < 1.29 is 4.21 Å². The molecule has 2 aromatic carbocycles. The Morgan fingerprint density at radius 1 is 1.04 bits per heavy atom. The van der Waals surface area contributed by atoms with Crippen LogP contribution < -0.4 is 10.6 Å². The lowest BCUT2D eigenvalue weighted by molar-refractivity contribution is 0.647. The van der Waals surface area contributed by atoms with Crippen molar-refractivity contribution in [1.29, 1.82) is 0 Å². The van der Waals surface area contributed by atoms with Gasteiger partial charge < -0.3 is 10.6 Å². The summed E-state index contributed by atoms with van der Waals surface area (Å²) < 4.78 is 12.0. The van der Waals surface area contributed by atoms with Crippen LogP contribution in [0.15, 0.2) is 59.6 Å². The van der Waals surface area contributed by atoms with Gasteiger partial charge in [-0.3, -0.25) is 4.21 Å². The molecule has 0 saturated heterocycles. The van der Waals surface area contributed by atoms with E-state index in [2.05, 4.69) is 46.8 Å². The van der Waals surface area contributed by atoms with Gasteiger partial charge in [0.2, 0.25) is 0 Å². The fraction of sp³-hybridized carbons (Fsp3) is 0.381. The normalized spacial score (nSPS) is 13.3. The molecule has 0 aliphatic carbocycles. The molecule has 2 aromatic rings. The van der Waals surface area contributed by atoms with E-state index in [9.17, 15) is 4.21 Å². The maximum atomic E-state index is 12.2. The molecule has 0 fully saturated rings. The molecule has 140 valence electrons. The van der Waals surface area contributed by atoms with Gasteiger partial charge in [-0.05, 0) is 45.4 Å². The van der Waals surface area contributed by atoms with Gasteiger partial charge >= 0.3 is 0 Å². The number of hydrogen-bond donors (Lipinski definition) is 2. The largest absolute Gasteiger partial charge is 0.355 e. The zero-order chi connectivity index (χ0) is 19.0. The lowest BCUT2D eigenvalue weighted by Gasteiger charge is -2.18. The Morgan fingerprint density at radius 3 is 2.31 bits per heavy atom. The highest BCUT2D eigenvalue weighted by atomic mass is 32.2. The van der Waals surface area contributed by atoms with E-state index >= 15 is 0 Å². The number of aliphatic imine (C=N–C) groups is 1. The van der Waals surface area contributed by atoms with Crippen LogP contribution in [0.5, 0.6) is 0 Å². The molecule has 0 aromatic heterocycles. The molecule has 0 radical (unpaired) electrons. The van der Waals surface area contributed by atoms with Crippen molar-refractivity contribution in [3.63, 3.8) is 0 Å². The second-order valence-corrected chi connectivity index (χ2v) is 9.55. The molecular formula is C21H29N3OS. The number of rotatable bonds is 6. The molecule has 0 aliphatic rings. The molecule has 0 amide bonds. The number of hydrogen-bond acceptors (Lipinski definition) is 2. The molecule has 1 unspecified atom stereocenters. The van der Waals surface area contributed by atoms with Crippen molar-refractivity contribution >= 4 is 22.4 Å². The van der Waals surface area contributed by atoms with E-state index in [4.69, 9.17) is 0 Å². The summed E-state index contributed by atoms with van der Waals surface area (Å²) in [6.07, 6.45) is 0. The van der Waals surface area contributed by atoms with Crippen LogP contribution in [-0.2, 0) is 17.3 Å². The van der Waals surface area contributed by atoms with Crippen LogP contribution in [-0.4, -0.2) is 27.2 Å². The van der Waals surface area contributed by atoms with Gasteiger partial charge in [-0.1, -0.05) is 48.0 Å². The second-order valence-electron chi connectivity index (χ2n) is 7.23. The van der Waals surface area contributed by atoms with Crippen LogP contribution in [0.2, 0.25) is 0 Å². The number of benzene rings is 2. The highest BCUT2D eigenvalue weighted by Crippen LogP contribution is 2.11. The number of nitrogens with one attached hydrogen (secondary N) is 2. The SMILES string of the molecule is Cc1ccc(CN=C(NCCS(=O)C(C)(C)C)Nc2ccccc2)cc1. The Labute approximate surface area is 159 Å². The number of aryl methyl sites for hydroxylation is 1. The predicted octanol–water partition coefficient (Wildman–Crippen LogP) is 4.10. The fourth-order valence-corrected chi connectivity index (χ4v) is 3.13. The molecule has 1 atom stereocenters. The molecule has 2 rings (SSSR count). The number of guanidine groups is 1. The third-order valence-corrected chi connectivity index (χ3v) is 5.78. The zero-order valence-electron chi connectivity index (χ0n) is 16.1. The minimum atomic E-state index is -0.888. The Hall–Kier alpha value is -2.14. The van der Waals surface area contributed by atoms with Gasteiger partial charge in [-0.2, -0.15) is 0 Å². The highest BCUT2D eigenvalue weighted by Gasteiger charge is 2.18. The van der Waals surface area contributed by atoms with E-state index in [-0.39, 0.29) is 4.75 Å². The Morgan fingerprint density at radius 2 is 1.69 bits per heavy atom. The second kappa shape index (κ2) is 9.53. The van der Waals surface area contributed by atoms with Crippen LogP contribution >= 0.6 is 0 Å². The molecular weight excluding hydrogens is 342 g/mol. The van der Waals surface area contributed by atoms with Crippen LogP contribution in [0.3, 0.4) is 0 Å². The summed E-state index contributed by atoms with van der Waals surface area (Å²) >= 11 is 0. The summed E-state index contributed by atoms with van der Waals surface area (Å²) in [6, 6.07) is 18.3. The highest BCUT2D eigenvalue weighted by molar-refractivity contribution is 7.86. The maximum absolute atomic E-state index is 12.2. The van der Waals surface area contributed by atoms with Crippen molar-refractivity contribution in [2.75, 3.05) is 17.6 Å². The lowest BCUT2D eigenvalue weighted by atomic mass is 10.1. The fourth-order valence-electron chi connectivity index (χ4n) is 2.23. The van der Waals surface area contributed by atoms with Crippen molar-refractivity contribution in [2.45, 2.75) is 39.0 Å². The molecule has 26 heavy (non-hydrogen) atoms. The summed E-state index contributed by atoms with van der Waals surface area (Å²) in [5, 5.41) is 6.61. The summed E-state index contributed by atoms with van der Waals surface area (Å²) in [6.45, 7) is 9.26. The Bertz CT molecular complexity index is 734. The minimum Gasteiger partial charge on any atom is -0.355 e. The van der Waals surface area contributed by atoms with E-state index in [1.54, 1.807) is 0 Å². The molecule has 0 spiro atoms. The van der Waals surface area contributed by atoms with Crippen molar-refractivity contribution in [2.24, 2.45) is 4.99 Å². The van der Waals surface area contributed by atoms with Crippen LogP contribution in [0.1, 0.15) is 31.9 Å². The van der Waals surface area contributed by atoms with Crippen LogP contribution in [0.25, 0.3) is 0 Å². The third kappa shape index (κ3) is 7.00. The molecule has 4 nitrogen and oxygen atoms in total. The molecule has 0 heterocycles. The lowest BCUT2D eigenvalue weighted by Crippen LogP contribution is -2.36. The number of para-hydroxylation sites is 1. The quantitative estimate of drug-likeness (QED) is 0.594. The third-order valence-electron chi connectivity index (χ3n) is 3.84. The van der Waals surface area contributed by atoms with Gasteiger partial charge in [0.25, 0.3) is 0 Å². The molecule has 0 bridgehead atoms. The Balaban J connectivity index is 2.02. The van der Waals surface area contributed by atoms with E-state index in [1.807, 2.05) is 51.1 Å². The van der Waals surface area contributed by atoms with Gasteiger partial charge in [0, 0.05) is 33.5 Å². The first-order valence-electron chi connectivity index (χ1n) is 8.89. The van der Waals surface area contributed by atoms with E-state index in [0.717, 1.165) is 11.3 Å². The summed E-state index contributed by atoms with van der Waals surface area (Å²) in [5.74, 6) is 1.28. The molecule has 5 heteroatoms. The van der Waals surface area contributed by atoms with Crippen molar-refractivity contribution in [1.82, 2.24) is 5.32 Å². The van der Waals surface area contributed by atoms with Gasteiger partial charge in [0.15, 0.2) is 5.96 Å². The summed E-state index contributed by atoms with van der Waals surface area (Å²) in [7, 11) is -0.888. The molecule has 2 N–H and O–H groups in total. The Kier molecular flexibility index (Phi) is 7.39. The van der Waals surface area contributed by atoms with Gasteiger partial charge in [-0.15, -0.1) is 0 Å². The molecule has 0 aliphatic heterocycles. The average molecular weight is 372 g/mol. The monoisotopic (exact) mass is 371 g/mol. The summed E-state index contributed by atoms with van der Waals surface area (Å²) in [5.41, 5.74) is 3.37. The first-order valence-corrected chi connectivity index (χ1v) is 10.2.